The van der Waals surface area contributed by atoms with Crippen molar-refractivity contribution in [3.63, 3.8) is 0 Å². The molecule has 0 saturated heterocycles. The van der Waals surface area contributed by atoms with Crippen molar-refractivity contribution in [1.82, 2.24) is 14.7 Å². The number of carbonyl (C=O) groups is 1. The van der Waals surface area contributed by atoms with Crippen LogP contribution in [0.2, 0.25) is 5.02 Å². The second kappa shape index (κ2) is 8.72. The standard InChI is InChI=1S/C22H19ClFN3O3S/c1-4-17-25-22(26-30-17)27-12(3)20(15-9-10-16(23)18(24)19(15)27)31-14-8-6-7-13(11-14)21(28)29-5-2/h6-11H,4-5H2,1-3H3. The number of hydrogen-bond acceptors (Lipinski definition) is 6. The summed E-state index contributed by atoms with van der Waals surface area (Å²) in [5, 5.41) is 4.68. The van der Waals surface area contributed by atoms with Gasteiger partial charge in [-0.3, -0.25) is 4.57 Å². The van der Waals surface area contributed by atoms with E-state index in [-0.39, 0.29) is 22.5 Å². The Balaban J connectivity index is 1.86. The van der Waals surface area contributed by atoms with E-state index in [1.54, 1.807) is 35.8 Å². The van der Waals surface area contributed by atoms with Crippen molar-refractivity contribution in [2.45, 2.75) is 37.0 Å². The highest BCUT2D eigenvalue weighted by Crippen LogP contribution is 2.41. The Kier molecular flexibility index (Phi) is 6.02. The molecule has 0 aliphatic carbocycles. The maximum atomic E-state index is 15.1. The number of aromatic nitrogens is 3. The molecule has 2 heterocycles. The molecule has 31 heavy (non-hydrogen) atoms. The molecule has 0 N–H and O–H groups in total. The third-order valence-electron chi connectivity index (χ3n) is 4.73. The van der Waals surface area contributed by atoms with E-state index in [2.05, 4.69) is 10.1 Å². The molecule has 0 unspecified atom stereocenters. The van der Waals surface area contributed by atoms with E-state index in [1.165, 1.54) is 17.8 Å². The Hall–Kier alpha value is -2.84. The van der Waals surface area contributed by atoms with Crippen LogP contribution in [0.1, 0.15) is 35.8 Å². The molecule has 0 bridgehead atoms. The zero-order valence-corrected chi connectivity index (χ0v) is 18.7. The van der Waals surface area contributed by atoms with Crippen molar-refractivity contribution in [1.29, 1.82) is 0 Å². The normalized spacial score (nSPS) is 11.3. The molecule has 0 spiro atoms. The molecule has 9 heteroatoms. The van der Waals surface area contributed by atoms with Crippen LogP contribution < -0.4 is 0 Å². The van der Waals surface area contributed by atoms with Crippen LogP contribution in [0.3, 0.4) is 0 Å². The number of ether oxygens (including phenoxy) is 1. The minimum atomic E-state index is -0.558. The highest BCUT2D eigenvalue weighted by atomic mass is 35.5. The fraction of sp³-hybridized carbons (Fsp3) is 0.227. The first-order valence-electron chi connectivity index (χ1n) is 9.71. The van der Waals surface area contributed by atoms with Gasteiger partial charge in [-0.15, -0.1) is 0 Å². The van der Waals surface area contributed by atoms with E-state index in [1.807, 2.05) is 19.9 Å². The summed E-state index contributed by atoms with van der Waals surface area (Å²) in [6, 6.07) is 10.4. The summed E-state index contributed by atoms with van der Waals surface area (Å²) in [5.74, 6) is -0.249. The molecule has 0 aliphatic heterocycles. The summed E-state index contributed by atoms with van der Waals surface area (Å²) in [6.45, 7) is 5.81. The largest absolute Gasteiger partial charge is 0.462 e. The van der Waals surface area contributed by atoms with Gasteiger partial charge in [-0.05, 0) is 49.3 Å². The van der Waals surface area contributed by atoms with Gasteiger partial charge in [0.1, 0.15) is 0 Å². The maximum absolute atomic E-state index is 15.1. The van der Waals surface area contributed by atoms with Crippen molar-refractivity contribution >= 4 is 40.2 Å². The van der Waals surface area contributed by atoms with Crippen LogP contribution in [0.25, 0.3) is 16.9 Å². The quantitative estimate of drug-likeness (QED) is 0.329. The minimum absolute atomic E-state index is 0.00585. The smallest absolute Gasteiger partial charge is 0.338 e. The molecule has 0 aliphatic rings. The van der Waals surface area contributed by atoms with Gasteiger partial charge in [-0.2, -0.15) is 4.98 Å². The fourth-order valence-electron chi connectivity index (χ4n) is 3.28. The molecule has 0 fully saturated rings. The van der Waals surface area contributed by atoms with Crippen molar-refractivity contribution in [2.24, 2.45) is 0 Å². The van der Waals surface area contributed by atoms with E-state index in [4.69, 9.17) is 20.9 Å². The van der Waals surface area contributed by atoms with Gasteiger partial charge >= 0.3 is 5.97 Å². The number of aryl methyl sites for hydroxylation is 1. The molecule has 6 nitrogen and oxygen atoms in total. The lowest BCUT2D eigenvalue weighted by atomic mass is 10.2. The molecule has 2 aromatic carbocycles. The number of esters is 1. The summed E-state index contributed by atoms with van der Waals surface area (Å²) >= 11 is 7.49. The van der Waals surface area contributed by atoms with E-state index in [9.17, 15) is 4.79 Å². The molecule has 4 aromatic rings. The van der Waals surface area contributed by atoms with Crippen LogP contribution in [0, 0.1) is 12.7 Å². The van der Waals surface area contributed by atoms with E-state index in [0.717, 1.165) is 15.5 Å². The number of rotatable bonds is 6. The third kappa shape index (κ3) is 3.93. The van der Waals surface area contributed by atoms with Crippen LogP contribution in [0.15, 0.2) is 50.7 Å². The Morgan fingerprint density at radius 2 is 2.10 bits per heavy atom. The summed E-state index contributed by atoms with van der Waals surface area (Å²) < 4.78 is 27.0. The lowest BCUT2D eigenvalue weighted by molar-refractivity contribution is 0.0526. The zero-order valence-electron chi connectivity index (χ0n) is 17.1. The van der Waals surface area contributed by atoms with Gasteiger partial charge in [-0.25, -0.2) is 9.18 Å². The Bertz CT molecular complexity index is 1280. The second-order valence-corrected chi connectivity index (χ2v) is 8.19. The van der Waals surface area contributed by atoms with Crippen LogP contribution in [-0.4, -0.2) is 27.3 Å². The van der Waals surface area contributed by atoms with E-state index < -0.39 is 5.82 Å². The summed E-state index contributed by atoms with van der Waals surface area (Å²) in [5.41, 5.74) is 1.46. The fourth-order valence-corrected chi connectivity index (χ4v) is 4.52. The Morgan fingerprint density at radius 1 is 1.29 bits per heavy atom. The third-order valence-corrected chi connectivity index (χ3v) is 6.23. The monoisotopic (exact) mass is 459 g/mol. The molecule has 160 valence electrons. The van der Waals surface area contributed by atoms with Crippen molar-refractivity contribution in [3.8, 4) is 5.95 Å². The Morgan fingerprint density at radius 3 is 2.81 bits per heavy atom. The molecule has 0 amide bonds. The summed E-state index contributed by atoms with van der Waals surface area (Å²) in [4.78, 5) is 18.1. The van der Waals surface area contributed by atoms with Crippen molar-refractivity contribution in [3.05, 3.63) is 64.4 Å². The highest BCUT2D eigenvalue weighted by molar-refractivity contribution is 7.99. The molecule has 2 aromatic heterocycles. The lowest BCUT2D eigenvalue weighted by Gasteiger charge is -2.06. The van der Waals surface area contributed by atoms with Gasteiger partial charge in [0.05, 0.1) is 22.7 Å². The van der Waals surface area contributed by atoms with Gasteiger partial charge in [-0.1, -0.05) is 36.4 Å². The predicted octanol–water partition coefficient (Wildman–Crippen LogP) is 6.00. The first kappa shape index (κ1) is 21.4. The van der Waals surface area contributed by atoms with Crippen LogP contribution in [0.5, 0.6) is 0 Å². The van der Waals surface area contributed by atoms with Crippen LogP contribution in [0.4, 0.5) is 4.39 Å². The summed E-state index contributed by atoms with van der Waals surface area (Å²) in [7, 11) is 0. The lowest BCUT2D eigenvalue weighted by Crippen LogP contribution is -2.04. The molecular weight excluding hydrogens is 441 g/mol. The zero-order chi connectivity index (χ0) is 22.1. The first-order chi connectivity index (χ1) is 14.9. The first-order valence-corrected chi connectivity index (χ1v) is 10.9. The molecule has 0 saturated carbocycles. The number of hydrogen-bond donors (Lipinski definition) is 0. The van der Waals surface area contributed by atoms with Crippen molar-refractivity contribution in [2.75, 3.05) is 6.61 Å². The molecule has 4 rings (SSSR count). The molecule has 0 radical (unpaired) electrons. The predicted molar refractivity (Wildman–Crippen MR) is 117 cm³/mol. The van der Waals surface area contributed by atoms with Crippen LogP contribution >= 0.6 is 23.4 Å². The van der Waals surface area contributed by atoms with E-state index in [0.29, 0.717) is 29.9 Å². The van der Waals surface area contributed by atoms with Gasteiger partial charge in [0.25, 0.3) is 5.95 Å². The van der Waals surface area contributed by atoms with Gasteiger partial charge in [0, 0.05) is 27.3 Å². The minimum Gasteiger partial charge on any atom is -0.462 e. The number of benzene rings is 2. The van der Waals surface area contributed by atoms with Crippen LogP contribution in [-0.2, 0) is 11.2 Å². The maximum Gasteiger partial charge on any atom is 0.338 e. The van der Waals surface area contributed by atoms with Crippen molar-refractivity contribution < 1.29 is 18.4 Å². The second-order valence-electron chi connectivity index (χ2n) is 6.70. The van der Waals surface area contributed by atoms with Gasteiger partial charge < -0.3 is 9.26 Å². The van der Waals surface area contributed by atoms with E-state index >= 15 is 4.39 Å². The average Bonchev–Trinajstić information content (AvgIpc) is 3.34. The number of nitrogens with zero attached hydrogens (tertiary/aromatic N) is 3. The SMILES string of the molecule is CCOC(=O)c1cccc(Sc2c(C)n(-c3noc(CC)n3)c3c(F)c(Cl)ccc23)c1. The summed E-state index contributed by atoms with van der Waals surface area (Å²) in [6.07, 6.45) is 0.566. The molecular formula is C22H19ClFN3O3S. The Labute approximate surface area is 187 Å². The topological polar surface area (TPSA) is 70.2 Å². The van der Waals surface area contributed by atoms with Gasteiger partial charge in [0.2, 0.25) is 5.89 Å². The molecule has 0 atom stereocenters. The highest BCUT2D eigenvalue weighted by Gasteiger charge is 2.23. The van der Waals surface area contributed by atoms with Gasteiger partial charge in [0.15, 0.2) is 5.82 Å². The number of halogens is 2. The number of carbonyl (C=O) groups excluding carboxylic acids is 1. The average molecular weight is 460 g/mol. The number of fused-ring (bicyclic) bond motifs is 1.